The van der Waals surface area contributed by atoms with Gasteiger partial charge in [0.1, 0.15) is 27.8 Å². The molecule has 1 aliphatic rings. The second-order valence-electron chi connectivity index (χ2n) is 8.12. The van der Waals surface area contributed by atoms with Gasteiger partial charge in [0.15, 0.2) is 0 Å². The highest BCUT2D eigenvalue weighted by Crippen LogP contribution is 2.36. The SMILES string of the molecule is CCOC(=O)C1=C(N)C(C(=O)OCC)=c2s/c(=C/c3ccccc3OC)c(=O)n2C1c1ccccc1OC. The predicted molar refractivity (Wildman–Crippen MR) is 143 cm³/mol. The number of carbonyl (C=O) groups is 2. The molecule has 0 saturated carbocycles. The van der Waals surface area contributed by atoms with Gasteiger partial charge in [0.25, 0.3) is 5.56 Å². The van der Waals surface area contributed by atoms with Gasteiger partial charge in [-0.3, -0.25) is 9.36 Å². The third kappa shape index (κ3) is 4.70. The number of benzene rings is 2. The minimum absolute atomic E-state index is 0.0457. The Balaban J connectivity index is 2.15. The van der Waals surface area contributed by atoms with E-state index in [1.165, 1.54) is 11.7 Å². The van der Waals surface area contributed by atoms with Crippen molar-refractivity contribution in [2.45, 2.75) is 19.9 Å². The zero-order valence-corrected chi connectivity index (χ0v) is 22.3. The standard InChI is InChI=1S/C28H28N2O7S/c1-5-36-27(32)21-23(29)22(28(33)37-6-2)26-30(24(21)17-12-8-10-14-19(17)35-4)25(31)20(38-26)15-16-11-7-9-13-18(16)34-3/h7-15,24H,5-6,29H2,1-4H3/b20-15+. The molecule has 0 aliphatic carbocycles. The lowest BCUT2D eigenvalue weighted by Crippen LogP contribution is -2.43. The van der Waals surface area contributed by atoms with Crippen LogP contribution < -0.4 is 30.0 Å². The Labute approximate surface area is 223 Å². The van der Waals surface area contributed by atoms with E-state index in [2.05, 4.69) is 0 Å². The normalized spacial score (nSPS) is 15.2. The van der Waals surface area contributed by atoms with Crippen LogP contribution in [-0.2, 0) is 19.1 Å². The summed E-state index contributed by atoms with van der Waals surface area (Å²) in [6.45, 7) is 3.47. The van der Waals surface area contributed by atoms with Crippen molar-refractivity contribution < 1.29 is 28.5 Å². The fraction of sp³-hybridized carbons (Fsp3) is 0.250. The molecule has 1 aliphatic heterocycles. The predicted octanol–water partition coefficient (Wildman–Crippen LogP) is 1.85. The Morgan fingerprint density at radius 1 is 0.947 bits per heavy atom. The van der Waals surface area contributed by atoms with Crippen LogP contribution in [0.5, 0.6) is 11.5 Å². The molecule has 9 nitrogen and oxygen atoms in total. The summed E-state index contributed by atoms with van der Waals surface area (Å²) in [5.41, 5.74) is 7.07. The van der Waals surface area contributed by atoms with Crippen LogP contribution in [0.4, 0.5) is 0 Å². The van der Waals surface area contributed by atoms with Gasteiger partial charge in [0.2, 0.25) is 0 Å². The molecule has 4 rings (SSSR count). The molecular weight excluding hydrogens is 508 g/mol. The molecule has 2 heterocycles. The molecule has 10 heteroatoms. The number of rotatable bonds is 8. The van der Waals surface area contributed by atoms with E-state index in [0.29, 0.717) is 27.2 Å². The van der Waals surface area contributed by atoms with Crippen molar-refractivity contribution in [3.05, 3.63) is 90.5 Å². The molecule has 0 radical (unpaired) electrons. The number of thiazole rings is 1. The van der Waals surface area contributed by atoms with Crippen LogP contribution in [0.25, 0.3) is 11.6 Å². The molecule has 0 spiro atoms. The van der Waals surface area contributed by atoms with Crippen LogP contribution in [-0.4, -0.2) is 43.9 Å². The Bertz CT molecular complexity index is 1600. The second-order valence-corrected chi connectivity index (χ2v) is 9.15. The first-order valence-corrected chi connectivity index (χ1v) is 12.8. The molecule has 1 unspecified atom stereocenters. The van der Waals surface area contributed by atoms with Gasteiger partial charge in [-0.2, -0.15) is 0 Å². The maximum absolute atomic E-state index is 14.0. The monoisotopic (exact) mass is 536 g/mol. The molecular formula is C28H28N2O7S. The second kappa shape index (κ2) is 11.4. The molecule has 1 atom stereocenters. The highest BCUT2D eigenvalue weighted by molar-refractivity contribution is 7.07. The fourth-order valence-corrected chi connectivity index (χ4v) is 5.54. The van der Waals surface area contributed by atoms with E-state index in [1.54, 1.807) is 57.4 Å². The summed E-state index contributed by atoms with van der Waals surface area (Å²) in [5, 5.41) is 0. The van der Waals surface area contributed by atoms with E-state index in [4.69, 9.17) is 24.7 Å². The van der Waals surface area contributed by atoms with Crippen LogP contribution in [0.1, 0.15) is 31.0 Å². The summed E-state index contributed by atoms with van der Waals surface area (Å²) in [6, 6.07) is 13.2. The van der Waals surface area contributed by atoms with Gasteiger partial charge in [-0.05, 0) is 32.1 Å². The molecule has 2 aromatic carbocycles. The quantitative estimate of drug-likeness (QED) is 0.434. The first kappa shape index (κ1) is 26.7. The number of carbonyl (C=O) groups excluding carboxylic acids is 2. The average Bonchev–Trinajstić information content (AvgIpc) is 3.23. The molecule has 38 heavy (non-hydrogen) atoms. The first-order chi connectivity index (χ1) is 18.4. The Kier molecular flexibility index (Phi) is 8.02. The van der Waals surface area contributed by atoms with Crippen molar-refractivity contribution in [1.82, 2.24) is 4.57 Å². The lowest BCUT2D eigenvalue weighted by molar-refractivity contribution is -0.139. The van der Waals surface area contributed by atoms with Crippen molar-refractivity contribution in [3.8, 4) is 11.5 Å². The third-order valence-electron chi connectivity index (χ3n) is 5.99. The molecule has 0 fully saturated rings. The zero-order valence-electron chi connectivity index (χ0n) is 21.5. The van der Waals surface area contributed by atoms with Gasteiger partial charge in [-0.25, -0.2) is 9.59 Å². The fourth-order valence-electron chi connectivity index (χ4n) is 4.38. The van der Waals surface area contributed by atoms with Crippen LogP contribution in [0.2, 0.25) is 0 Å². The number of aromatic nitrogens is 1. The summed E-state index contributed by atoms with van der Waals surface area (Å²) in [6.07, 6.45) is 1.68. The van der Waals surface area contributed by atoms with Gasteiger partial charge in [0.05, 0.1) is 43.2 Å². The van der Waals surface area contributed by atoms with E-state index in [9.17, 15) is 14.4 Å². The van der Waals surface area contributed by atoms with E-state index < -0.39 is 23.5 Å². The van der Waals surface area contributed by atoms with Gasteiger partial charge in [0, 0.05) is 11.1 Å². The molecule has 3 aromatic rings. The Hall–Kier alpha value is -4.31. The van der Waals surface area contributed by atoms with Crippen LogP contribution in [0.3, 0.4) is 0 Å². The number of nitrogens with zero attached hydrogens (tertiary/aromatic N) is 1. The number of fused-ring (bicyclic) bond motifs is 1. The zero-order chi connectivity index (χ0) is 27.4. The van der Waals surface area contributed by atoms with E-state index in [-0.39, 0.29) is 34.7 Å². The lowest BCUT2D eigenvalue weighted by atomic mass is 9.91. The number of ether oxygens (including phenoxy) is 4. The van der Waals surface area contributed by atoms with Gasteiger partial charge in [-0.1, -0.05) is 36.4 Å². The van der Waals surface area contributed by atoms with Crippen molar-refractivity contribution in [3.63, 3.8) is 0 Å². The topological polar surface area (TPSA) is 119 Å². The van der Waals surface area contributed by atoms with Crippen LogP contribution in [0, 0.1) is 0 Å². The number of esters is 2. The van der Waals surface area contributed by atoms with Crippen LogP contribution >= 0.6 is 11.3 Å². The van der Waals surface area contributed by atoms with Gasteiger partial charge < -0.3 is 24.7 Å². The number of hydrogen-bond acceptors (Lipinski definition) is 9. The summed E-state index contributed by atoms with van der Waals surface area (Å²) in [7, 11) is 3.03. The van der Waals surface area contributed by atoms with E-state index in [1.807, 2.05) is 18.2 Å². The third-order valence-corrected chi connectivity index (χ3v) is 7.10. The average molecular weight is 537 g/mol. The molecule has 0 saturated heterocycles. The smallest absolute Gasteiger partial charge is 0.343 e. The number of methoxy groups -OCH3 is 2. The van der Waals surface area contributed by atoms with Gasteiger partial charge >= 0.3 is 11.9 Å². The summed E-state index contributed by atoms with van der Waals surface area (Å²) < 4.78 is 23.6. The van der Waals surface area contributed by atoms with E-state index in [0.717, 1.165) is 11.3 Å². The maximum Gasteiger partial charge on any atom is 0.343 e. The number of nitrogens with two attached hydrogens (primary N) is 1. The summed E-state index contributed by atoms with van der Waals surface area (Å²) >= 11 is 1.08. The lowest BCUT2D eigenvalue weighted by Gasteiger charge is -2.28. The molecule has 0 bridgehead atoms. The maximum atomic E-state index is 14.0. The highest BCUT2D eigenvalue weighted by Gasteiger charge is 2.39. The van der Waals surface area contributed by atoms with E-state index >= 15 is 0 Å². The molecule has 2 N–H and O–H groups in total. The minimum Gasteiger partial charge on any atom is -0.496 e. The van der Waals surface area contributed by atoms with Crippen molar-refractivity contribution in [2.75, 3.05) is 27.4 Å². The van der Waals surface area contributed by atoms with Crippen molar-refractivity contribution >= 4 is 34.9 Å². The molecule has 198 valence electrons. The highest BCUT2D eigenvalue weighted by atomic mass is 32.1. The van der Waals surface area contributed by atoms with Crippen LogP contribution in [0.15, 0.2) is 64.6 Å². The van der Waals surface area contributed by atoms with Crippen molar-refractivity contribution in [1.29, 1.82) is 0 Å². The summed E-state index contributed by atoms with van der Waals surface area (Å²) in [5.74, 6) is -0.485. The summed E-state index contributed by atoms with van der Waals surface area (Å²) in [4.78, 5) is 40.5. The Morgan fingerprint density at radius 3 is 2.21 bits per heavy atom. The number of para-hydroxylation sites is 2. The number of hydrogen-bond donors (Lipinski definition) is 1. The Morgan fingerprint density at radius 2 is 1.55 bits per heavy atom. The minimum atomic E-state index is -1.01. The molecule has 0 amide bonds. The first-order valence-electron chi connectivity index (χ1n) is 11.9. The molecule has 1 aromatic heterocycles. The van der Waals surface area contributed by atoms with Crippen molar-refractivity contribution in [2.24, 2.45) is 5.73 Å². The largest absolute Gasteiger partial charge is 0.496 e. The van der Waals surface area contributed by atoms with Gasteiger partial charge in [-0.15, -0.1) is 11.3 Å².